The second kappa shape index (κ2) is 6.53. The summed E-state index contributed by atoms with van der Waals surface area (Å²) in [5, 5.41) is 15.3. The Morgan fingerprint density at radius 3 is 2.52 bits per heavy atom. The summed E-state index contributed by atoms with van der Waals surface area (Å²) in [4.78, 5) is 12.3. The normalized spacial score (nSPS) is 10.3. The lowest BCUT2D eigenvalue weighted by Crippen LogP contribution is -2.18. The molecule has 0 bridgehead atoms. The SMILES string of the molecule is Cc1ccccc1-n1nccc1NC(=O)c1c(F)cc(C#N)cc1F. The van der Waals surface area contributed by atoms with Gasteiger partial charge in [0.15, 0.2) is 0 Å². The Bertz CT molecular complexity index is 981. The van der Waals surface area contributed by atoms with E-state index in [-0.39, 0.29) is 11.4 Å². The van der Waals surface area contributed by atoms with Crippen LogP contribution in [0.15, 0.2) is 48.7 Å². The van der Waals surface area contributed by atoms with Crippen molar-refractivity contribution >= 4 is 11.7 Å². The maximum Gasteiger partial charge on any atom is 0.262 e. The summed E-state index contributed by atoms with van der Waals surface area (Å²) >= 11 is 0. The number of amides is 1. The molecule has 3 rings (SSSR count). The standard InChI is InChI=1S/C18H12F2N4O/c1-11-4-2-3-5-15(11)24-16(6-7-22-24)23-18(25)17-13(19)8-12(10-21)9-14(17)20/h2-9H,1H3,(H,23,25). The van der Waals surface area contributed by atoms with Gasteiger partial charge in [0.2, 0.25) is 0 Å². The number of nitriles is 1. The number of hydrogen-bond donors (Lipinski definition) is 1. The van der Waals surface area contributed by atoms with Gasteiger partial charge in [0.25, 0.3) is 5.91 Å². The molecule has 0 aliphatic rings. The summed E-state index contributed by atoms with van der Waals surface area (Å²) < 4.78 is 29.4. The Morgan fingerprint density at radius 2 is 1.88 bits per heavy atom. The molecule has 0 saturated heterocycles. The summed E-state index contributed by atoms with van der Waals surface area (Å²) in [5.41, 5.74) is 0.689. The Kier molecular flexibility index (Phi) is 4.27. The predicted octanol–water partition coefficient (Wildman–Crippen LogP) is 3.58. The van der Waals surface area contributed by atoms with E-state index in [2.05, 4.69) is 10.4 Å². The van der Waals surface area contributed by atoms with Gasteiger partial charge in [-0.05, 0) is 30.7 Å². The van der Waals surface area contributed by atoms with Crippen LogP contribution >= 0.6 is 0 Å². The molecule has 0 fully saturated rings. The molecule has 0 saturated carbocycles. The molecule has 1 N–H and O–H groups in total. The molecule has 1 amide bonds. The molecule has 0 unspecified atom stereocenters. The van der Waals surface area contributed by atoms with Gasteiger partial charge in [-0.2, -0.15) is 10.4 Å². The van der Waals surface area contributed by atoms with Crippen molar-refractivity contribution in [2.75, 3.05) is 5.32 Å². The lowest BCUT2D eigenvalue weighted by molar-refractivity contribution is 0.101. The van der Waals surface area contributed by atoms with Crippen LogP contribution in [0.4, 0.5) is 14.6 Å². The molecule has 5 nitrogen and oxygen atoms in total. The maximum atomic E-state index is 14.0. The van der Waals surface area contributed by atoms with E-state index in [1.807, 2.05) is 25.1 Å². The fraction of sp³-hybridized carbons (Fsp3) is 0.0556. The summed E-state index contributed by atoms with van der Waals surface area (Å²) in [6.07, 6.45) is 1.47. The second-order valence-corrected chi connectivity index (χ2v) is 5.30. The van der Waals surface area contributed by atoms with E-state index in [0.29, 0.717) is 0 Å². The zero-order chi connectivity index (χ0) is 18.0. The number of para-hydroxylation sites is 1. The first-order valence-corrected chi connectivity index (χ1v) is 7.32. The minimum Gasteiger partial charge on any atom is -0.306 e. The van der Waals surface area contributed by atoms with Crippen molar-refractivity contribution in [3.05, 3.63) is 77.0 Å². The van der Waals surface area contributed by atoms with Crippen molar-refractivity contribution in [2.24, 2.45) is 0 Å². The number of aryl methyl sites for hydroxylation is 1. The smallest absolute Gasteiger partial charge is 0.262 e. The molecular formula is C18H12F2N4O. The number of carbonyl (C=O) groups excluding carboxylic acids is 1. The molecule has 0 radical (unpaired) electrons. The van der Waals surface area contributed by atoms with Crippen LogP contribution in [-0.4, -0.2) is 15.7 Å². The van der Waals surface area contributed by atoms with Crippen molar-refractivity contribution in [3.63, 3.8) is 0 Å². The Labute approximate surface area is 142 Å². The number of hydrogen-bond acceptors (Lipinski definition) is 3. The fourth-order valence-electron chi connectivity index (χ4n) is 2.42. The van der Waals surface area contributed by atoms with Crippen molar-refractivity contribution in [3.8, 4) is 11.8 Å². The van der Waals surface area contributed by atoms with Crippen LogP contribution in [0.1, 0.15) is 21.5 Å². The van der Waals surface area contributed by atoms with E-state index < -0.39 is 23.1 Å². The first-order chi connectivity index (χ1) is 12.0. The van der Waals surface area contributed by atoms with Gasteiger partial charge >= 0.3 is 0 Å². The number of benzene rings is 2. The highest BCUT2D eigenvalue weighted by molar-refractivity contribution is 6.04. The van der Waals surface area contributed by atoms with Crippen molar-refractivity contribution in [1.82, 2.24) is 9.78 Å². The molecule has 0 atom stereocenters. The highest BCUT2D eigenvalue weighted by Gasteiger charge is 2.20. The first-order valence-electron chi connectivity index (χ1n) is 7.32. The van der Waals surface area contributed by atoms with E-state index >= 15 is 0 Å². The molecule has 1 heterocycles. The Morgan fingerprint density at radius 1 is 1.20 bits per heavy atom. The summed E-state index contributed by atoms with van der Waals surface area (Å²) in [5.74, 6) is -2.90. The maximum absolute atomic E-state index is 14.0. The molecule has 25 heavy (non-hydrogen) atoms. The van der Waals surface area contributed by atoms with E-state index in [1.165, 1.54) is 16.9 Å². The third-order valence-corrected chi connectivity index (χ3v) is 3.63. The quantitative estimate of drug-likeness (QED) is 0.793. The fourth-order valence-corrected chi connectivity index (χ4v) is 2.42. The van der Waals surface area contributed by atoms with Gasteiger partial charge in [0.1, 0.15) is 23.0 Å². The lowest BCUT2D eigenvalue weighted by atomic mass is 10.1. The van der Waals surface area contributed by atoms with Crippen LogP contribution in [0.25, 0.3) is 5.69 Å². The van der Waals surface area contributed by atoms with Gasteiger partial charge < -0.3 is 5.32 Å². The highest BCUT2D eigenvalue weighted by Crippen LogP contribution is 2.21. The van der Waals surface area contributed by atoms with Gasteiger partial charge in [-0.15, -0.1) is 0 Å². The number of nitrogens with one attached hydrogen (secondary N) is 1. The zero-order valence-electron chi connectivity index (χ0n) is 13.1. The molecular weight excluding hydrogens is 326 g/mol. The monoisotopic (exact) mass is 338 g/mol. The molecule has 2 aromatic carbocycles. The zero-order valence-corrected chi connectivity index (χ0v) is 13.1. The number of carbonyl (C=O) groups is 1. The average Bonchev–Trinajstić information content (AvgIpc) is 3.02. The van der Waals surface area contributed by atoms with Gasteiger partial charge in [-0.3, -0.25) is 4.79 Å². The average molecular weight is 338 g/mol. The molecule has 0 aliphatic heterocycles. The van der Waals surface area contributed by atoms with Gasteiger partial charge in [-0.1, -0.05) is 18.2 Å². The minimum absolute atomic E-state index is 0.198. The van der Waals surface area contributed by atoms with Crippen LogP contribution in [0.3, 0.4) is 0 Å². The summed E-state index contributed by atoms with van der Waals surface area (Å²) in [6, 6.07) is 12.1. The van der Waals surface area contributed by atoms with Crippen LogP contribution in [-0.2, 0) is 0 Å². The highest BCUT2D eigenvalue weighted by atomic mass is 19.1. The van der Waals surface area contributed by atoms with E-state index in [1.54, 1.807) is 12.1 Å². The van der Waals surface area contributed by atoms with Crippen LogP contribution < -0.4 is 5.32 Å². The third-order valence-electron chi connectivity index (χ3n) is 3.63. The largest absolute Gasteiger partial charge is 0.306 e. The first kappa shape index (κ1) is 16.3. The van der Waals surface area contributed by atoms with E-state index in [0.717, 1.165) is 23.4 Å². The molecule has 0 aliphatic carbocycles. The molecule has 124 valence electrons. The van der Waals surface area contributed by atoms with Crippen LogP contribution in [0.2, 0.25) is 0 Å². The van der Waals surface area contributed by atoms with Gasteiger partial charge in [0.05, 0.1) is 23.5 Å². The molecule has 7 heteroatoms. The third kappa shape index (κ3) is 3.10. The number of rotatable bonds is 3. The van der Waals surface area contributed by atoms with E-state index in [4.69, 9.17) is 5.26 Å². The Balaban J connectivity index is 1.95. The number of anilines is 1. The van der Waals surface area contributed by atoms with Crippen molar-refractivity contribution < 1.29 is 13.6 Å². The summed E-state index contributed by atoms with van der Waals surface area (Å²) in [6.45, 7) is 1.88. The number of halogens is 2. The molecule has 0 spiro atoms. The lowest BCUT2D eigenvalue weighted by Gasteiger charge is -2.12. The minimum atomic E-state index is -1.10. The van der Waals surface area contributed by atoms with Gasteiger partial charge in [0, 0.05) is 6.07 Å². The van der Waals surface area contributed by atoms with Crippen molar-refractivity contribution in [2.45, 2.75) is 6.92 Å². The van der Waals surface area contributed by atoms with E-state index in [9.17, 15) is 13.6 Å². The van der Waals surface area contributed by atoms with Crippen LogP contribution in [0, 0.1) is 29.9 Å². The Hall–Kier alpha value is -3.53. The topological polar surface area (TPSA) is 70.7 Å². The summed E-state index contributed by atoms with van der Waals surface area (Å²) in [7, 11) is 0. The number of nitrogens with zero attached hydrogens (tertiary/aromatic N) is 3. The van der Waals surface area contributed by atoms with Gasteiger partial charge in [-0.25, -0.2) is 13.5 Å². The van der Waals surface area contributed by atoms with Crippen LogP contribution in [0.5, 0.6) is 0 Å². The predicted molar refractivity (Wildman–Crippen MR) is 87.3 cm³/mol. The molecule has 1 aromatic heterocycles. The van der Waals surface area contributed by atoms with Crippen molar-refractivity contribution in [1.29, 1.82) is 5.26 Å². The second-order valence-electron chi connectivity index (χ2n) is 5.30. The number of aromatic nitrogens is 2. The molecule has 3 aromatic rings.